The highest BCUT2D eigenvalue weighted by Gasteiger charge is 1.89. The normalized spacial score (nSPS) is 9.11. The highest BCUT2D eigenvalue weighted by Crippen LogP contribution is 2.06. The number of unbranched alkanes of at least 4 members (excludes halogenated alkanes) is 10. The molecule has 0 saturated carbocycles. The average molecular weight is 260 g/mol. The molecular weight excluding hydrogens is 232 g/mol. The van der Waals surface area contributed by atoms with Crippen molar-refractivity contribution < 1.29 is 4.79 Å². The number of rotatable bonds is 10. The molecule has 0 atom stereocenters. The zero-order chi connectivity index (χ0) is 14.0. The first-order chi connectivity index (χ1) is 9.41. The fourth-order valence-electron chi connectivity index (χ4n) is 1.89. The Bertz CT molecular complexity index is 308. The molecule has 0 aliphatic carbocycles. The van der Waals surface area contributed by atoms with E-state index in [9.17, 15) is 4.79 Å². The molecule has 0 aromatic heterocycles. The Morgan fingerprint density at radius 3 is 1.68 bits per heavy atom. The zero-order valence-electron chi connectivity index (χ0n) is 12.5. The summed E-state index contributed by atoms with van der Waals surface area (Å²) >= 11 is 0. The molecule has 0 spiro atoms. The van der Waals surface area contributed by atoms with Crippen LogP contribution in [-0.4, -0.2) is 6.29 Å². The molecule has 1 nitrogen and oxygen atoms in total. The van der Waals surface area contributed by atoms with Crippen molar-refractivity contribution in [3.63, 3.8) is 0 Å². The van der Waals surface area contributed by atoms with Gasteiger partial charge in [0.1, 0.15) is 0 Å². The summed E-state index contributed by atoms with van der Waals surface area (Å²) < 4.78 is 0. The summed E-state index contributed by atoms with van der Waals surface area (Å²) in [4.78, 5) is 9.95. The maximum absolute atomic E-state index is 9.95. The van der Waals surface area contributed by atoms with Crippen LogP contribution in [0.4, 0.5) is 0 Å². The molecule has 0 fully saturated rings. The first-order valence-corrected chi connectivity index (χ1v) is 7.79. The lowest BCUT2D eigenvalue weighted by Crippen LogP contribution is -1.79. The predicted octanol–water partition coefficient (Wildman–Crippen LogP) is 4.89. The molecule has 0 rings (SSSR count). The maximum atomic E-state index is 9.95. The molecular formula is C18H28O. The summed E-state index contributed by atoms with van der Waals surface area (Å²) in [5.74, 6) is 11.8. The third-order valence-electron chi connectivity index (χ3n) is 3.04. The molecule has 0 aromatic carbocycles. The second-order valence-corrected chi connectivity index (χ2v) is 4.87. The van der Waals surface area contributed by atoms with Crippen LogP contribution in [0.5, 0.6) is 0 Å². The molecule has 0 aromatic rings. The smallest absolute Gasteiger partial charge is 0.192 e. The van der Waals surface area contributed by atoms with Gasteiger partial charge in [0.2, 0.25) is 0 Å². The van der Waals surface area contributed by atoms with E-state index < -0.39 is 0 Å². The minimum Gasteiger partial charge on any atom is -0.289 e. The minimum atomic E-state index is 0.668. The van der Waals surface area contributed by atoms with E-state index in [0.717, 1.165) is 25.7 Å². The van der Waals surface area contributed by atoms with Crippen LogP contribution in [0, 0.1) is 23.7 Å². The van der Waals surface area contributed by atoms with Crippen LogP contribution in [0.15, 0.2) is 0 Å². The van der Waals surface area contributed by atoms with Crippen molar-refractivity contribution in [1.29, 1.82) is 0 Å². The van der Waals surface area contributed by atoms with Gasteiger partial charge in [0.05, 0.1) is 0 Å². The third-order valence-corrected chi connectivity index (χ3v) is 3.04. The van der Waals surface area contributed by atoms with Gasteiger partial charge in [-0.3, -0.25) is 4.79 Å². The Kier molecular flexibility index (Phi) is 15.7. The molecule has 0 radical (unpaired) electrons. The van der Waals surface area contributed by atoms with E-state index in [1.807, 2.05) is 0 Å². The molecule has 0 saturated heterocycles. The van der Waals surface area contributed by atoms with Crippen LogP contribution in [0.2, 0.25) is 0 Å². The van der Waals surface area contributed by atoms with Crippen LogP contribution < -0.4 is 0 Å². The Hall–Kier alpha value is -1.21. The van der Waals surface area contributed by atoms with Crippen molar-refractivity contribution >= 4 is 6.29 Å². The van der Waals surface area contributed by atoms with Crippen LogP contribution in [0.25, 0.3) is 0 Å². The van der Waals surface area contributed by atoms with Gasteiger partial charge in [-0.2, -0.15) is 0 Å². The molecule has 1 heteroatoms. The Labute approximate surface area is 119 Å². The lowest BCUT2D eigenvalue weighted by atomic mass is 10.1. The van der Waals surface area contributed by atoms with Crippen LogP contribution in [0.3, 0.4) is 0 Å². The molecule has 0 bridgehead atoms. The van der Waals surface area contributed by atoms with E-state index in [1.165, 1.54) is 51.4 Å². The Morgan fingerprint density at radius 1 is 0.684 bits per heavy atom. The van der Waals surface area contributed by atoms with Gasteiger partial charge in [-0.25, -0.2) is 0 Å². The average Bonchev–Trinajstić information content (AvgIpc) is 2.43. The molecule has 0 heterocycles. The van der Waals surface area contributed by atoms with Crippen molar-refractivity contribution in [2.45, 2.75) is 84.0 Å². The van der Waals surface area contributed by atoms with Crippen LogP contribution in [0.1, 0.15) is 84.0 Å². The quantitative estimate of drug-likeness (QED) is 0.310. The van der Waals surface area contributed by atoms with Gasteiger partial charge in [-0.05, 0) is 25.2 Å². The summed E-state index contributed by atoms with van der Waals surface area (Å²) in [6.45, 7) is 2.24. The number of carbonyl (C=O) groups excluding carboxylic acids is 1. The molecule has 0 N–H and O–H groups in total. The topological polar surface area (TPSA) is 17.1 Å². The largest absolute Gasteiger partial charge is 0.289 e. The Balaban J connectivity index is 3.14. The van der Waals surface area contributed by atoms with Crippen LogP contribution >= 0.6 is 0 Å². The second-order valence-electron chi connectivity index (χ2n) is 4.87. The van der Waals surface area contributed by atoms with Crippen molar-refractivity contribution in [2.75, 3.05) is 0 Å². The van der Waals surface area contributed by atoms with Crippen molar-refractivity contribution in [1.82, 2.24) is 0 Å². The number of aldehydes is 1. The molecule has 0 unspecified atom stereocenters. The number of hydrogen-bond donors (Lipinski definition) is 0. The van der Waals surface area contributed by atoms with Crippen molar-refractivity contribution in [2.24, 2.45) is 0 Å². The van der Waals surface area contributed by atoms with E-state index in [0.29, 0.717) is 6.29 Å². The van der Waals surface area contributed by atoms with Gasteiger partial charge in [-0.15, -0.1) is 11.8 Å². The van der Waals surface area contributed by atoms with Gasteiger partial charge in [0.15, 0.2) is 6.29 Å². The van der Waals surface area contributed by atoms with E-state index in [4.69, 9.17) is 0 Å². The van der Waals surface area contributed by atoms with Crippen molar-refractivity contribution in [3.05, 3.63) is 0 Å². The summed E-state index contributed by atoms with van der Waals surface area (Å²) in [7, 11) is 0. The van der Waals surface area contributed by atoms with E-state index in [1.54, 1.807) is 0 Å². The summed E-state index contributed by atoms with van der Waals surface area (Å²) in [5, 5.41) is 0. The summed E-state index contributed by atoms with van der Waals surface area (Å²) in [6.07, 6.45) is 15.0. The fraction of sp³-hybridized carbons (Fsp3) is 0.722. The van der Waals surface area contributed by atoms with E-state index in [-0.39, 0.29) is 0 Å². The van der Waals surface area contributed by atoms with Crippen LogP contribution in [-0.2, 0) is 4.79 Å². The van der Waals surface area contributed by atoms with Gasteiger partial charge >= 0.3 is 0 Å². The molecule has 0 amide bonds. The molecule has 0 aliphatic rings. The predicted molar refractivity (Wildman–Crippen MR) is 82.7 cm³/mol. The fourth-order valence-corrected chi connectivity index (χ4v) is 1.89. The van der Waals surface area contributed by atoms with Gasteiger partial charge in [0.25, 0.3) is 0 Å². The van der Waals surface area contributed by atoms with Crippen molar-refractivity contribution in [3.8, 4) is 23.7 Å². The summed E-state index contributed by atoms with van der Waals surface area (Å²) in [6, 6.07) is 0. The monoisotopic (exact) mass is 260 g/mol. The standard InChI is InChI=1S/C18H28O/c1-2-3-4-5-6-7-8-9-10-11-12-13-14-15-16-17-18-19/h18H,2-6,9-15H2,1H3. The van der Waals surface area contributed by atoms with Gasteiger partial charge in [0, 0.05) is 19.3 Å². The molecule has 0 aliphatic heterocycles. The second kappa shape index (κ2) is 16.8. The lowest BCUT2D eigenvalue weighted by Gasteiger charge is -1.96. The molecule has 106 valence electrons. The first kappa shape index (κ1) is 17.8. The number of carbonyl (C=O) groups is 1. The Morgan fingerprint density at radius 2 is 1.16 bits per heavy atom. The minimum absolute atomic E-state index is 0.668. The highest BCUT2D eigenvalue weighted by atomic mass is 16.1. The SMILES string of the molecule is CCCCCCC#CCCCCCCCC#CC=O. The zero-order valence-corrected chi connectivity index (χ0v) is 12.5. The first-order valence-electron chi connectivity index (χ1n) is 7.79. The van der Waals surface area contributed by atoms with Gasteiger partial charge in [-0.1, -0.05) is 51.4 Å². The van der Waals surface area contributed by atoms with E-state index >= 15 is 0 Å². The van der Waals surface area contributed by atoms with Gasteiger partial charge < -0.3 is 0 Å². The van der Waals surface area contributed by atoms with E-state index in [2.05, 4.69) is 30.6 Å². The number of hydrogen-bond acceptors (Lipinski definition) is 1. The maximum Gasteiger partial charge on any atom is 0.192 e. The summed E-state index contributed by atoms with van der Waals surface area (Å²) in [5.41, 5.74) is 0. The highest BCUT2D eigenvalue weighted by molar-refractivity contribution is 5.72. The third kappa shape index (κ3) is 16.8. The molecule has 19 heavy (non-hydrogen) atoms. The lowest BCUT2D eigenvalue weighted by molar-refractivity contribution is -0.103.